The topological polar surface area (TPSA) is 37.3 Å². The van der Waals surface area contributed by atoms with Crippen molar-refractivity contribution in [3.63, 3.8) is 0 Å². The highest BCUT2D eigenvalue weighted by molar-refractivity contribution is 5.88. The molecule has 0 amide bonds. The molecule has 2 heteroatoms. The fourth-order valence-electron chi connectivity index (χ4n) is 5.74. The lowest BCUT2D eigenvalue weighted by atomic mass is 9.82. The first-order chi connectivity index (χ1) is 15.0. The van der Waals surface area contributed by atoms with Crippen LogP contribution in [0.3, 0.4) is 0 Å². The predicted molar refractivity (Wildman–Crippen MR) is 136 cm³/mol. The summed E-state index contributed by atoms with van der Waals surface area (Å²) in [6.45, 7) is 16.3. The summed E-state index contributed by atoms with van der Waals surface area (Å²) in [7, 11) is 0. The van der Waals surface area contributed by atoms with Gasteiger partial charge in [0, 0.05) is 0 Å². The maximum atomic E-state index is 11.2. The summed E-state index contributed by atoms with van der Waals surface area (Å²) < 4.78 is 0. The Balaban J connectivity index is 2.06. The van der Waals surface area contributed by atoms with E-state index in [9.17, 15) is 9.90 Å². The number of benzene rings is 2. The van der Waals surface area contributed by atoms with E-state index in [1.165, 1.54) is 53.5 Å². The number of aryl methyl sites for hydroxylation is 1. The largest absolute Gasteiger partial charge is 0.478 e. The monoisotopic (exact) mass is 432 g/mol. The van der Waals surface area contributed by atoms with Crippen LogP contribution in [0.1, 0.15) is 112 Å². The van der Waals surface area contributed by atoms with Gasteiger partial charge < -0.3 is 5.11 Å². The van der Waals surface area contributed by atoms with Crippen LogP contribution in [0.2, 0.25) is 0 Å². The maximum Gasteiger partial charge on any atom is 0.335 e. The molecule has 0 saturated heterocycles. The summed E-state index contributed by atoms with van der Waals surface area (Å²) in [5.41, 5.74) is 8.79. The number of aromatic carboxylic acids is 1. The number of hydrogen-bond acceptors (Lipinski definition) is 1. The summed E-state index contributed by atoms with van der Waals surface area (Å²) in [5.74, 6) is -0.113. The number of carboxylic acids is 1. The first kappa shape index (κ1) is 24.3. The number of hydrogen-bond donors (Lipinski definition) is 1. The molecule has 0 spiro atoms. The van der Waals surface area contributed by atoms with Gasteiger partial charge in [0.15, 0.2) is 0 Å². The van der Waals surface area contributed by atoms with E-state index in [-0.39, 0.29) is 10.8 Å². The summed E-state index contributed by atoms with van der Waals surface area (Å²) in [6, 6.07) is 12.1. The molecule has 0 heterocycles. The minimum atomic E-state index is -0.885. The quantitative estimate of drug-likeness (QED) is 0.426. The molecule has 3 rings (SSSR count). The van der Waals surface area contributed by atoms with Crippen molar-refractivity contribution in [2.24, 2.45) is 5.92 Å². The van der Waals surface area contributed by atoms with Gasteiger partial charge in [-0.25, -0.2) is 4.79 Å². The van der Waals surface area contributed by atoms with Crippen LogP contribution in [0.5, 0.6) is 0 Å². The van der Waals surface area contributed by atoms with E-state index in [1.54, 1.807) is 12.1 Å². The van der Waals surface area contributed by atoms with Gasteiger partial charge in [-0.05, 0) is 88.5 Å². The molecule has 2 aromatic rings. The van der Waals surface area contributed by atoms with Gasteiger partial charge in [0.1, 0.15) is 0 Å². The van der Waals surface area contributed by atoms with E-state index in [0.29, 0.717) is 5.56 Å². The molecule has 0 saturated carbocycles. The van der Waals surface area contributed by atoms with Gasteiger partial charge >= 0.3 is 5.97 Å². The molecule has 0 aromatic heterocycles. The minimum absolute atomic E-state index is 0.172. The van der Waals surface area contributed by atoms with Crippen molar-refractivity contribution in [2.45, 2.75) is 91.4 Å². The van der Waals surface area contributed by atoms with Gasteiger partial charge in [-0.1, -0.05) is 84.7 Å². The van der Waals surface area contributed by atoms with Crippen molar-refractivity contribution in [3.05, 3.63) is 69.8 Å². The van der Waals surface area contributed by atoms with Crippen LogP contribution < -0.4 is 0 Å². The molecular weight excluding hydrogens is 392 g/mol. The Morgan fingerprint density at radius 3 is 2.09 bits per heavy atom. The fraction of sp³-hybridized carbons (Fsp3) is 0.500. The average molecular weight is 433 g/mol. The number of allylic oxidation sites excluding steroid dienone is 1. The van der Waals surface area contributed by atoms with Crippen LogP contribution >= 0.6 is 0 Å². The minimum Gasteiger partial charge on any atom is -0.478 e. The van der Waals surface area contributed by atoms with E-state index in [0.717, 1.165) is 17.9 Å². The molecule has 0 atom stereocenters. The summed E-state index contributed by atoms with van der Waals surface area (Å²) in [4.78, 5) is 11.2. The zero-order valence-corrected chi connectivity index (χ0v) is 21.0. The van der Waals surface area contributed by atoms with Crippen molar-refractivity contribution >= 4 is 17.6 Å². The Bertz CT molecular complexity index is 1000. The van der Waals surface area contributed by atoms with Crippen LogP contribution in [0.15, 0.2) is 36.4 Å². The van der Waals surface area contributed by atoms with Crippen LogP contribution in [0, 0.1) is 5.92 Å². The Labute approximate surface area is 194 Å². The van der Waals surface area contributed by atoms with E-state index in [2.05, 4.69) is 66.7 Å². The lowest BCUT2D eigenvalue weighted by Crippen LogP contribution is -2.18. The Morgan fingerprint density at radius 1 is 1.00 bits per heavy atom. The zero-order chi connectivity index (χ0) is 23.7. The second kappa shape index (κ2) is 9.25. The lowest BCUT2D eigenvalue weighted by Gasteiger charge is -2.22. The molecule has 2 aromatic carbocycles. The number of carboxylic acid groups (broad SMARTS) is 1. The van der Waals surface area contributed by atoms with E-state index < -0.39 is 5.97 Å². The molecule has 0 aliphatic heterocycles. The number of rotatable bonds is 8. The Kier molecular flexibility index (Phi) is 7.03. The summed E-state index contributed by atoms with van der Waals surface area (Å²) in [6.07, 6.45) is 8.17. The molecule has 0 fully saturated rings. The van der Waals surface area contributed by atoms with Crippen molar-refractivity contribution < 1.29 is 9.90 Å². The number of carbonyl (C=O) groups is 1. The lowest BCUT2D eigenvalue weighted by molar-refractivity contribution is 0.0697. The molecular formula is C30H40O2. The molecule has 1 N–H and O–H groups in total. The highest BCUT2D eigenvalue weighted by Gasteiger charge is 2.42. The van der Waals surface area contributed by atoms with Crippen LogP contribution in [-0.4, -0.2) is 11.1 Å². The molecule has 0 radical (unpaired) electrons. The van der Waals surface area contributed by atoms with Gasteiger partial charge in [0.2, 0.25) is 0 Å². The molecule has 1 aliphatic carbocycles. The smallest absolute Gasteiger partial charge is 0.335 e. The predicted octanol–water partition coefficient (Wildman–Crippen LogP) is 8.27. The summed E-state index contributed by atoms with van der Waals surface area (Å²) >= 11 is 0. The van der Waals surface area contributed by atoms with Gasteiger partial charge in [-0.15, -0.1) is 0 Å². The molecule has 32 heavy (non-hydrogen) atoms. The van der Waals surface area contributed by atoms with Crippen molar-refractivity contribution in [1.82, 2.24) is 0 Å². The van der Waals surface area contributed by atoms with E-state index in [4.69, 9.17) is 0 Å². The molecule has 1 aliphatic rings. The molecule has 172 valence electrons. The van der Waals surface area contributed by atoms with E-state index >= 15 is 0 Å². The second-order valence-electron chi connectivity index (χ2n) is 11.0. The van der Waals surface area contributed by atoms with Crippen LogP contribution in [0.4, 0.5) is 0 Å². The molecule has 0 unspecified atom stereocenters. The third-order valence-electron chi connectivity index (χ3n) is 7.53. The number of fused-ring (bicyclic) bond motifs is 1. The normalized spacial score (nSPS) is 16.9. The molecule has 2 nitrogen and oxygen atoms in total. The highest BCUT2D eigenvalue weighted by atomic mass is 16.4. The van der Waals surface area contributed by atoms with Gasteiger partial charge in [0.05, 0.1) is 5.56 Å². The Morgan fingerprint density at radius 2 is 1.56 bits per heavy atom. The van der Waals surface area contributed by atoms with E-state index in [1.807, 2.05) is 12.1 Å². The van der Waals surface area contributed by atoms with Crippen molar-refractivity contribution in [1.29, 1.82) is 0 Å². The first-order valence-electron chi connectivity index (χ1n) is 12.2. The summed E-state index contributed by atoms with van der Waals surface area (Å²) in [5, 5.41) is 9.18. The maximum absolute atomic E-state index is 11.2. The third-order valence-corrected chi connectivity index (χ3v) is 7.53. The van der Waals surface area contributed by atoms with Crippen molar-refractivity contribution in [2.75, 3.05) is 0 Å². The second-order valence-corrected chi connectivity index (χ2v) is 11.0. The SMILES string of the molecule is CCC(CC)CCc1cc2c(cc1C(C)=Cc1ccc(C(=O)O)cc1)C(C)(C)CC2(C)C. The van der Waals surface area contributed by atoms with Gasteiger partial charge in [-0.2, -0.15) is 0 Å². The van der Waals surface area contributed by atoms with Crippen molar-refractivity contribution in [3.8, 4) is 0 Å². The Hall–Kier alpha value is -2.35. The standard InChI is InChI=1S/C30H40O2/c1-8-21(9-2)10-15-24-17-26-27(30(6,7)19-29(26,4)5)18-25(24)20(3)16-22-11-13-23(14-12-22)28(31)32/h11-14,16-18,21H,8-10,15,19H2,1-7H3,(H,31,32). The zero-order valence-electron chi connectivity index (χ0n) is 21.0. The fourth-order valence-corrected chi connectivity index (χ4v) is 5.74. The third kappa shape index (κ3) is 5.00. The first-order valence-corrected chi connectivity index (χ1v) is 12.2. The average Bonchev–Trinajstić information content (AvgIpc) is 2.91. The van der Waals surface area contributed by atoms with Gasteiger partial charge in [0.25, 0.3) is 0 Å². The van der Waals surface area contributed by atoms with Crippen LogP contribution in [-0.2, 0) is 17.3 Å². The van der Waals surface area contributed by atoms with Gasteiger partial charge in [-0.3, -0.25) is 0 Å². The molecule has 0 bridgehead atoms. The van der Waals surface area contributed by atoms with Crippen LogP contribution in [0.25, 0.3) is 11.6 Å². The highest BCUT2D eigenvalue weighted by Crippen LogP contribution is 2.50.